The van der Waals surface area contributed by atoms with Crippen LogP contribution in [0.4, 0.5) is 0 Å². The minimum Gasteiger partial charge on any atom is -0.378 e. The van der Waals surface area contributed by atoms with Gasteiger partial charge in [0, 0.05) is 0 Å². The van der Waals surface area contributed by atoms with Crippen LogP contribution in [0.25, 0.3) is 0 Å². The minimum absolute atomic E-state index is 0.382. The Hall–Kier alpha value is -0.130. The van der Waals surface area contributed by atoms with E-state index >= 15 is 0 Å². The van der Waals surface area contributed by atoms with E-state index in [9.17, 15) is 8.42 Å². The maximum Gasteiger partial charge on any atom is 0.210 e. The molecule has 0 spiro atoms. The molecule has 0 amide bonds. The van der Waals surface area contributed by atoms with Crippen molar-refractivity contribution in [3.05, 3.63) is 0 Å². The van der Waals surface area contributed by atoms with Gasteiger partial charge in [0.15, 0.2) is 0 Å². The molecule has 0 aliphatic carbocycles. The third kappa shape index (κ3) is 5.75. The molecule has 9 heavy (non-hydrogen) atoms. The van der Waals surface area contributed by atoms with E-state index in [0.29, 0.717) is 6.42 Å². The van der Waals surface area contributed by atoms with Crippen LogP contribution in [0.1, 0.15) is 13.3 Å². The van der Waals surface area contributed by atoms with Crippen LogP contribution in [0.15, 0.2) is 0 Å². The third-order valence-electron chi connectivity index (χ3n) is 0.737. The highest BCUT2D eigenvalue weighted by molar-refractivity contribution is 7.88. The molecule has 0 rings (SSSR count). The maximum atomic E-state index is 10.3. The van der Waals surface area contributed by atoms with Crippen molar-refractivity contribution < 1.29 is 13.5 Å². The van der Waals surface area contributed by atoms with Gasteiger partial charge in [-0.3, -0.25) is 0 Å². The van der Waals surface area contributed by atoms with E-state index in [2.05, 4.69) is 0 Å². The lowest BCUT2D eigenvalue weighted by atomic mass is 10.5. The first-order valence-electron chi connectivity index (χ1n) is 2.61. The molecule has 5 heteroatoms. The summed E-state index contributed by atoms with van der Waals surface area (Å²) in [6, 6.07) is 0. The molecule has 0 saturated carbocycles. The third-order valence-corrected chi connectivity index (χ3v) is 1.44. The SMILES string of the molecule is CCC(O)NS(C)(=O)=O. The first kappa shape index (κ1) is 8.87. The lowest BCUT2D eigenvalue weighted by molar-refractivity contribution is 0.159. The van der Waals surface area contributed by atoms with Crippen molar-refractivity contribution in [2.24, 2.45) is 0 Å². The van der Waals surface area contributed by atoms with Gasteiger partial charge in [-0.15, -0.1) is 0 Å². The van der Waals surface area contributed by atoms with Gasteiger partial charge in [0.2, 0.25) is 10.0 Å². The van der Waals surface area contributed by atoms with Crippen LogP contribution in [0, 0.1) is 0 Å². The molecule has 0 aromatic carbocycles. The lowest BCUT2D eigenvalue weighted by Crippen LogP contribution is -2.32. The monoisotopic (exact) mass is 153 g/mol. The summed E-state index contributed by atoms with van der Waals surface area (Å²) >= 11 is 0. The fraction of sp³-hybridized carbons (Fsp3) is 1.00. The molecule has 0 aromatic heterocycles. The summed E-state index contributed by atoms with van der Waals surface area (Å²) in [5.74, 6) is 0. The average molecular weight is 153 g/mol. The maximum absolute atomic E-state index is 10.3. The minimum atomic E-state index is -3.24. The molecule has 56 valence electrons. The second-order valence-corrected chi connectivity index (χ2v) is 3.59. The van der Waals surface area contributed by atoms with Crippen molar-refractivity contribution in [1.29, 1.82) is 0 Å². The van der Waals surface area contributed by atoms with Crippen LogP contribution in [-0.2, 0) is 10.0 Å². The highest BCUT2D eigenvalue weighted by atomic mass is 32.2. The van der Waals surface area contributed by atoms with Crippen LogP contribution in [0.3, 0.4) is 0 Å². The highest BCUT2D eigenvalue weighted by Crippen LogP contribution is 1.85. The zero-order valence-electron chi connectivity index (χ0n) is 5.46. The molecule has 0 radical (unpaired) electrons. The number of rotatable bonds is 3. The van der Waals surface area contributed by atoms with Crippen LogP contribution in [0.5, 0.6) is 0 Å². The summed E-state index contributed by atoms with van der Waals surface area (Å²) in [4.78, 5) is 0. The standard InChI is InChI=1S/C4H11NO3S/c1-3-4(6)5-9(2,7)8/h4-6H,3H2,1-2H3. The molecule has 1 atom stereocenters. The fourth-order valence-electron chi connectivity index (χ4n) is 0.330. The molecule has 2 N–H and O–H groups in total. The molecule has 0 bridgehead atoms. The quantitative estimate of drug-likeness (QED) is 0.525. The average Bonchev–Trinajstić information content (AvgIpc) is 1.62. The second-order valence-electron chi connectivity index (χ2n) is 1.81. The van der Waals surface area contributed by atoms with Gasteiger partial charge in [-0.05, 0) is 6.42 Å². The number of sulfonamides is 1. The van der Waals surface area contributed by atoms with Crippen molar-refractivity contribution in [2.75, 3.05) is 6.26 Å². The molecule has 0 heterocycles. The summed E-state index contributed by atoms with van der Waals surface area (Å²) in [7, 11) is -3.24. The first-order chi connectivity index (χ1) is 3.95. The molecule has 0 aliphatic rings. The van der Waals surface area contributed by atoms with E-state index in [1.165, 1.54) is 0 Å². The number of hydrogen-bond donors (Lipinski definition) is 2. The van der Waals surface area contributed by atoms with Gasteiger partial charge in [0.05, 0.1) is 6.26 Å². The van der Waals surface area contributed by atoms with Crippen LogP contribution in [-0.4, -0.2) is 26.0 Å². The zero-order valence-corrected chi connectivity index (χ0v) is 6.27. The number of nitrogens with one attached hydrogen (secondary N) is 1. The van der Waals surface area contributed by atoms with E-state index in [-0.39, 0.29) is 0 Å². The van der Waals surface area contributed by atoms with E-state index in [4.69, 9.17) is 5.11 Å². The molecular formula is C4H11NO3S. The van der Waals surface area contributed by atoms with E-state index in [0.717, 1.165) is 6.26 Å². The van der Waals surface area contributed by atoms with Gasteiger partial charge in [-0.2, -0.15) is 4.72 Å². The first-order valence-corrected chi connectivity index (χ1v) is 4.50. The summed E-state index contributed by atoms with van der Waals surface area (Å²) < 4.78 is 22.7. The van der Waals surface area contributed by atoms with Gasteiger partial charge in [0.25, 0.3) is 0 Å². The Labute approximate surface area is 54.9 Å². The Morgan fingerprint density at radius 1 is 1.67 bits per heavy atom. The Morgan fingerprint density at radius 3 is 2.22 bits per heavy atom. The van der Waals surface area contributed by atoms with Gasteiger partial charge >= 0.3 is 0 Å². The summed E-state index contributed by atoms with van der Waals surface area (Å²) in [6.45, 7) is 1.68. The van der Waals surface area contributed by atoms with Gasteiger partial charge < -0.3 is 5.11 Å². The highest BCUT2D eigenvalue weighted by Gasteiger charge is 2.05. The van der Waals surface area contributed by atoms with Crippen molar-refractivity contribution in [3.8, 4) is 0 Å². The summed E-state index contributed by atoms with van der Waals surface area (Å²) in [5.41, 5.74) is 0. The molecule has 0 saturated heterocycles. The predicted molar refractivity (Wildman–Crippen MR) is 34.3 cm³/mol. The largest absolute Gasteiger partial charge is 0.378 e. The smallest absolute Gasteiger partial charge is 0.210 e. The van der Waals surface area contributed by atoms with Gasteiger partial charge in [0.1, 0.15) is 6.23 Å². The number of hydrogen-bond acceptors (Lipinski definition) is 3. The summed E-state index contributed by atoms with van der Waals surface area (Å²) in [6.07, 6.45) is 0.443. The molecule has 0 fully saturated rings. The molecule has 1 unspecified atom stereocenters. The normalized spacial score (nSPS) is 15.4. The van der Waals surface area contributed by atoms with Gasteiger partial charge in [-0.1, -0.05) is 6.92 Å². The molecule has 0 aliphatic heterocycles. The van der Waals surface area contributed by atoms with Crippen LogP contribution < -0.4 is 4.72 Å². The fourth-order valence-corrected chi connectivity index (χ4v) is 0.991. The molecule has 0 aromatic rings. The predicted octanol–water partition coefficient (Wildman–Crippen LogP) is -0.736. The van der Waals surface area contributed by atoms with Crippen LogP contribution >= 0.6 is 0 Å². The zero-order chi connectivity index (χ0) is 7.49. The Kier molecular flexibility index (Phi) is 3.10. The Morgan fingerprint density at radius 2 is 2.11 bits per heavy atom. The topological polar surface area (TPSA) is 66.4 Å². The van der Waals surface area contributed by atoms with E-state index in [1.54, 1.807) is 6.92 Å². The van der Waals surface area contributed by atoms with Crippen LogP contribution in [0.2, 0.25) is 0 Å². The molecular weight excluding hydrogens is 142 g/mol. The second kappa shape index (κ2) is 3.14. The molecule has 4 nitrogen and oxygen atoms in total. The van der Waals surface area contributed by atoms with Crippen molar-refractivity contribution in [3.63, 3.8) is 0 Å². The van der Waals surface area contributed by atoms with Crippen molar-refractivity contribution >= 4 is 10.0 Å². The lowest BCUT2D eigenvalue weighted by Gasteiger charge is -2.06. The van der Waals surface area contributed by atoms with E-state index in [1.807, 2.05) is 4.72 Å². The summed E-state index contributed by atoms with van der Waals surface area (Å²) in [5, 5.41) is 8.70. The number of aliphatic hydroxyl groups excluding tert-OH is 1. The van der Waals surface area contributed by atoms with Gasteiger partial charge in [-0.25, -0.2) is 8.42 Å². The van der Waals surface area contributed by atoms with E-state index < -0.39 is 16.3 Å². The Balaban J connectivity index is 3.75. The van der Waals surface area contributed by atoms with Crippen molar-refractivity contribution in [2.45, 2.75) is 19.6 Å². The Bertz CT molecular complexity index is 163. The van der Waals surface area contributed by atoms with Crippen molar-refractivity contribution in [1.82, 2.24) is 4.72 Å². The number of aliphatic hydroxyl groups is 1.